The molecule has 25 heavy (non-hydrogen) atoms. The van der Waals surface area contributed by atoms with E-state index in [0.29, 0.717) is 11.4 Å². The van der Waals surface area contributed by atoms with E-state index in [1.54, 1.807) is 25.3 Å². The molecule has 1 aliphatic rings. The summed E-state index contributed by atoms with van der Waals surface area (Å²) < 4.78 is 31.8. The van der Waals surface area contributed by atoms with Gasteiger partial charge in [-0.2, -0.15) is 0 Å². The monoisotopic (exact) mass is 356 g/mol. The number of aromatic nitrogens is 1. The quantitative estimate of drug-likeness (QED) is 0.756. The second kappa shape index (κ2) is 5.89. The molecular formula is C19H20N2O3S. The second-order valence-electron chi connectivity index (χ2n) is 6.37. The van der Waals surface area contributed by atoms with E-state index in [1.807, 2.05) is 31.2 Å². The van der Waals surface area contributed by atoms with Gasteiger partial charge in [0, 0.05) is 41.2 Å². The maximum atomic E-state index is 13.3. The van der Waals surface area contributed by atoms with Gasteiger partial charge in [0.1, 0.15) is 11.1 Å². The molecule has 0 spiro atoms. The Morgan fingerprint density at radius 3 is 2.76 bits per heavy atom. The Kier molecular flexibility index (Phi) is 3.81. The Morgan fingerprint density at radius 1 is 1.16 bits per heavy atom. The molecule has 0 amide bonds. The molecule has 0 saturated heterocycles. The number of methoxy groups -OCH3 is 1. The minimum Gasteiger partial charge on any atom is -0.497 e. The van der Waals surface area contributed by atoms with Crippen molar-refractivity contribution in [2.75, 3.05) is 13.7 Å². The van der Waals surface area contributed by atoms with E-state index >= 15 is 0 Å². The molecule has 1 unspecified atom stereocenters. The lowest BCUT2D eigenvalue weighted by molar-refractivity contribution is 0.415. The number of aryl methyl sites for hydroxylation is 1. The maximum Gasteiger partial charge on any atom is 0.198 e. The van der Waals surface area contributed by atoms with Crippen molar-refractivity contribution >= 4 is 20.7 Å². The van der Waals surface area contributed by atoms with Gasteiger partial charge in [0.05, 0.1) is 12.0 Å². The van der Waals surface area contributed by atoms with Crippen molar-refractivity contribution in [3.8, 4) is 5.75 Å². The van der Waals surface area contributed by atoms with Crippen LogP contribution in [0.4, 0.5) is 0 Å². The van der Waals surface area contributed by atoms with Crippen LogP contribution >= 0.6 is 0 Å². The number of nitrogens with one attached hydrogen (secondary N) is 2. The average molecular weight is 356 g/mol. The summed E-state index contributed by atoms with van der Waals surface area (Å²) in [6.07, 6.45) is 0.770. The molecule has 0 fully saturated rings. The zero-order valence-corrected chi connectivity index (χ0v) is 15.0. The Labute approximate surface area is 146 Å². The zero-order valence-electron chi connectivity index (χ0n) is 14.2. The van der Waals surface area contributed by atoms with Crippen LogP contribution in [-0.2, 0) is 16.3 Å². The smallest absolute Gasteiger partial charge is 0.198 e. The van der Waals surface area contributed by atoms with Crippen LogP contribution in [0.25, 0.3) is 10.9 Å². The molecule has 130 valence electrons. The molecule has 2 aromatic carbocycles. The number of sulfone groups is 1. The molecule has 2 N–H and O–H groups in total. The second-order valence-corrected chi connectivity index (χ2v) is 8.41. The SMILES string of the molecule is COc1ccc2c3c([nH]c2c1)CCNC3S(=O)(=O)c1cccc(C)c1. The summed E-state index contributed by atoms with van der Waals surface area (Å²) in [4.78, 5) is 3.72. The van der Waals surface area contributed by atoms with E-state index in [4.69, 9.17) is 4.74 Å². The molecule has 4 rings (SSSR count). The lowest BCUT2D eigenvalue weighted by atomic mass is 10.1. The number of benzene rings is 2. The first-order valence-corrected chi connectivity index (χ1v) is 9.78. The Bertz CT molecular complexity index is 1050. The highest BCUT2D eigenvalue weighted by Crippen LogP contribution is 2.37. The zero-order chi connectivity index (χ0) is 17.6. The minimum absolute atomic E-state index is 0.348. The summed E-state index contributed by atoms with van der Waals surface area (Å²) in [6.45, 7) is 2.52. The van der Waals surface area contributed by atoms with Crippen molar-refractivity contribution < 1.29 is 13.2 Å². The van der Waals surface area contributed by atoms with Crippen LogP contribution in [0.5, 0.6) is 5.75 Å². The number of aromatic amines is 1. The lowest BCUT2D eigenvalue weighted by Crippen LogP contribution is -2.35. The summed E-state index contributed by atoms with van der Waals surface area (Å²) in [5, 5.41) is 3.37. The molecule has 6 heteroatoms. The third-order valence-corrected chi connectivity index (χ3v) is 6.66. The molecule has 2 heterocycles. The first kappa shape index (κ1) is 16.2. The van der Waals surface area contributed by atoms with Crippen LogP contribution in [0.3, 0.4) is 0 Å². The van der Waals surface area contributed by atoms with Crippen LogP contribution in [0, 0.1) is 6.92 Å². The van der Waals surface area contributed by atoms with Crippen LogP contribution in [-0.4, -0.2) is 27.1 Å². The summed E-state index contributed by atoms with van der Waals surface area (Å²) in [5.41, 5.74) is 3.63. The molecule has 5 nitrogen and oxygen atoms in total. The summed E-state index contributed by atoms with van der Waals surface area (Å²) in [5.74, 6) is 0.747. The maximum absolute atomic E-state index is 13.3. The van der Waals surface area contributed by atoms with Gasteiger partial charge in [0.25, 0.3) is 0 Å². The molecule has 0 aliphatic carbocycles. The van der Waals surface area contributed by atoms with Crippen molar-refractivity contribution in [1.82, 2.24) is 10.3 Å². The van der Waals surface area contributed by atoms with Gasteiger partial charge in [-0.15, -0.1) is 0 Å². The number of rotatable bonds is 3. The van der Waals surface area contributed by atoms with Crippen LogP contribution < -0.4 is 10.1 Å². The van der Waals surface area contributed by atoms with E-state index in [-0.39, 0.29) is 0 Å². The van der Waals surface area contributed by atoms with E-state index in [1.165, 1.54) is 0 Å². The summed E-state index contributed by atoms with van der Waals surface area (Å²) >= 11 is 0. The Morgan fingerprint density at radius 2 is 2.00 bits per heavy atom. The van der Waals surface area contributed by atoms with E-state index in [0.717, 1.165) is 39.9 Å². The van der Waals surface area contributed by atoms with E-state index in [9.17, 15) is 8.42 Å². The highest BCUT2D eigenvalue weighted by atomic mass is 32.2. The number of hydrogen-bond acceptors (Lipinski definition) is 4. The fourth-order valence-corrected chi connectivity index (χ4v) is 5.31. The summed E-state index contributed by atoms with van der Waals surface area (Å²) in [6, 6.07) is 12.8. The predicted octanol–water partition coefficient (Wildman–Crippen LogP) is 3.10. The molecule has 0 radical (unpaired) electrons. The molecule has 0 bridgehead atoms. The van der Waals surface area contributed by atoms with Gasteiger partial charge in [-0.25, -0.2) is 8.42 Å². The molecule has 1 atom stereocenters. The van der Waals surface area contributed by atoms with Crippen molar-refractivity contribution in [1.29, 1.82) is 0 Å². The molecular weight excluding hydrogens is 336 g/mol. The first-order chi connectivity index (χ1) is 12.0. The first-order valence-electron chi connectivity index (χ1n) is 8.23. The normalized spacial score (nSPS) is 17.4. The topological polar surface area (TPSA) is 71.2 Å². The average Bonchev–Trinajstić information content (AvgIpc) is 2.99. The van der Waals surface area contributed by atoms with Gasteiger partial charge in [-0.1, -0.05) is 12.1 Å². The van der Waals surface area contributed by atoms with Gasteiger partial charge in [0.2, 0.25) is 0 Å². The standard InChI is InChI=1S/C19H20N2O3S/c1-12-4-3-5-14(10-12)25(22,23)19-18-15-7-6-13(24-2)11-17(15)21-16(18)8-9-20-19/h3-7,10-11,19-21H,8-9H2,1-2H3. The lowest BCUT2D eigenvalue weighted by Gasteiger charge is -2.25. The molecule has 0 saturated carbocycles. The minimum atomic E-state index is -3.54. The molecule has 1 aliphatic heterocycles. The van der Waals surface area contributed by atoms with Gasteiger partial charge in [-0.3, -0.25) is 5.32 Å². The van der Waals surface area contributed by atoms with E-state index in [2.05, 4.69) is 10.3 Å². The number of hydrogen-bond donors (Lipinski definition) is 2. The van der Waals surface area contributed by atoms with Gasteiger partial charge >= 0.3 is 0 Å². The predicted molar refractivity (Wildman–Crippen MR) is 97.7 cm³/mol. The Hall–Kier alpha value is -2.31. The molecule has 3 aromatic rings. The molecule has 1 aromatic heterocycles. The van der Waals surface area contributed by atoms with Gasteiger partial charge < -0.3 is 9.72 Å². The Balaban J connectivity index is 1.89. The van der Waals surface area contributed by atoms with Crippen LogP contribution in [0.2, 0.25) is 0 Å². The van der Waals surface area contributed by atoms with Crippen molar-refractivity contribution in [3.05, 3.63) is 59.3 Å². The third-order valence-electron chi connectivity index (χ3n) is 4.72. The largest absolute Gasteiger partial charge is 0.497 e. The highest BCUT2D eigenvalue weighted by molar-refractivity contribution is 7.91. The van der Waals surface area contributed by atoms with Gasteiger partial charge in [-0.05, 0) is 36.8 Å². The van der Waals surface area contributed by atoms with E-state index < -0.39 is 15.2 Å². The van der Waals surface area contributed by atoms with Crippen molar-refractivity contribution in [2.24, 2.45) is 0 Å². The third kappa shape index (κ3) is 2.62. The van der Waals surface area contributed by atoms with Crippen molar-refractivity contribution in [2.45, 2.75) is 23.6 Å². The van der Waals surface area contributed by atoms with Crippen LogP contribution in [0.1, 0.15) is 22.2 Å². The van der Waals surface area contributed by atoms with Crippen LogP contribution in [0.15, 0.2) is 47.4 Å². The highest BCUT2D eigenvalue weighted by Gasteiger charge is 2.35. The fraction of sp³-hybridized carbons (Fsp3) is 0.263. The number of ether oxygens (including phenoxy) is 1. The summed E-state index contributed by atoms with van der Waals surface area (Å²) in [7, 11) is -1.92. The van der Waals surface area contributed by atoms with Crippen molar-refractivity contribution in [3.63, 3.8) is 0 Å². The van der Waals surface area contributed by atoms with Gasteiger partial charge in [0.15, 0.2) is 9.84 Å². The fourth-order valence-electron chi connectivity index (χ4n) is 3.50. The number of H-pyrrole nitrogens is 1. The number of fused-ring (bicyclic) bond motifs is 3.